The molecule has 1 aliphatic rings. The van der Waals surface area contributed by atoms with E-state index in [1.165, 1.54) is 6.07 Å². The van der Waals surface area contributed by atoms with E-state index in [1.54, 1.807) is 56.3 Å². The van der Waals surface area contributed by atoms with Gasteiger partial charge in [-0.15, -0.1) is 0 Å². The smallest absolute Gasteiger partial charge is 0.872 e. The van der Waals surface area contributed by atoms with Gasteiger partial charge in [0, 0.05) is 10.0 Å². The van der Waals surface area contributed by atoms with Crippen LogP contribution in [0.2, 0.25) is 0 Å². The Hall–Kier alpha value is -0.550. The SMILES string of the molecule is Cc1cc(C2(c3cc(C)c(O)c(Br)c3)OS([O-])([O-])c3ccccc32)cc(Br)c1[O-].[Na+]. The van der Waals surface area contributed by atoms with Gasteiger partial charge in [-0.25, -0.2) is 0 Å². The molecule has 0 bridgehead atoms. The van der Waals surface area contributed by atoms with Crippen molar-refractivity contribution >= 4 is 42.7 Å². The minimum Gasteiger partial charge on any atom is -0.872 e. The summed E-state index contributed by atoms with van der Waals surface area (Å²) in [6.07, 6.45) is 0. The second kappa shape index (κ2) is 8.42. The fourth-order valence-corrected chi connectivity index (χ4v) is 6.22. The molecule has 1 heterocycles. The number of hydrogen-bond donors (Lipinski definition) is 1. The van der Waals surface area contributed by atoms with Crippen LogP contribution in [0.4, 0.5) is 0 Å². The Morgan fingerprint density at radius 1 is 0.933 bits per heavy atom. The zero-order valence-corrected chi connectivity index (χ0v) is 22.4. The molecule has 0 spiro atoms. The van der Waals surface area contributed by atoms with Crippen LogP contribution < -0.4 is 34.7 Å². The summed E-state index contributed by atoms with van der Waals surface area (Å²) in [6.45, 7) is 3.38. The van der Waals surface area contributed by atoms with Crippen LogP contribution in [0.3, 0.4) is 0 Å². The Bertz CT molecular complexity index is 1050. The van der Waals surface area contributed by atoms with Crippen molar-refractivity contribution in [3.63, 3.8) is 0 Å². The standard InChI is InChI=1S/C21H18Br2O5S.Na/c1-11-7-13(9-16(22)19(11)24)21(14-8-12(2)20(25)17(23)10-14)15-5-3-4-6-18(15)29(26,27)28-21;/h3-10,24-27H,1-2H3;/q;+1/p-3. The van der Waals surface area contributed by atoms with Gasteiger partial charge in [-0.2, -0.15) is 0 Å². The quantitative estimate of drug-likeness (QED) is 0.484. The molecule has 0 fully saturated rings. The van der Waals surface area contributed by atoms with Crippen LogP contribution in [-0.2, 0) is 9.78 Å². The van der Waals surface area contributed by atoms with E-state index >= 15 is 0 Å². The van der Waals surface area contributed by atoms with Gasteiger partial charge >= 0.3 is 29.6 Å². The van der Waals surface area contributed by atoms with Gasteiger partial charge in [0.2, 0.25) is 0 Å². The average Bonchev–Trinajstić information content (AvgIpc) is 2.92. The maximum atomic E-state index is 12.9. The van der Waals surface area contributed by atoms with Crippen molar-refractivity contribution in [2.75, 3.05) is 0 Å². The average molecular weight is 562 g/mol. The summed E-state index contributed by atoms with van der Waals surface area (Å²) in [5.74, 6) is -0.119. The van der Waals surface area contributed by atoms with E-state index in [4.69, 9.17) is 4.18 Å². The van der Waals surface area contributed by atoms with Crippen LogP contribution in [0.15, 0.2) is 62.4 Å². The van der Waals surface area contributed by atoms with E-state index in [1.807, 2.05) is 0 Å². The third-order valence-electron chi connectivity index (χ3n) is 5.07. The van der Waals surface area contributed by atoms with Crippen LogP contribution >= 0.6 is 42.7 Å². The third-order valence-corrected chi connectivity index (χ3v) is 7.62. The Balaban J connectivity index is 0.00000256. The molecule has 1 unspecified atom stereocenters. The molecule has 0 saturated heterocycles. The number of aromatic hydroxyl groups is 1. The zero-order valence-electron chi connectivity index (χ0n) is 16.4. The van der Waals surface area contributed by atoms with Gasteiger partial charge in [0.15, 0.2) is 5.60 Å². The predicted octanol–water partition coefficient (Wildman–Crippen LogP) is 2.27. The monoisotopic (exact) mass is 560 g/mol. The molecule has 0 amide bonds. The molecular weight excluding hydrogens is 547 g/mol. The summed E-state index contributed by atoms with van der Waals surface area (Å²) in [5.41, 5.74) is 0.952. The second-order valence-corrected chi connectivity index (χ2v) is 10.2. The van der Waals surface area contributed by atoms with E-state index in [0.717, 1.165) is 0 Å². The maximum absolute atomic E-state index is 12.9. The molecule has 5 nitrogen and oxygen atoms in total. The van der Waals surface area contributed by atoms with Crippen molar-refractivity contribution in [3.8, 4) is 11.5 Å². The molecule has 0 radical (unpaired) electrons. The molecule has 0 aliphatic carbocycles. The first-order chi connectivity index (χ1) is 13.6. The topological polar surface area (TPSA) is 98.6 Å². The molecule has 9 heteroatoms. The van der Waals surface area contributed by atoms with E-state index in [2.05, 4.69) is 31.9 Å². The first-order valence-corrected chi connectivity index (χ1v) is 11.6. The molecule has 3 aromatic rings. The van der Waals surface area contributed by atoms with Gasteiger partial charge in [0.1, 0.15) is 5.75 Å². The molecule has 1 atom stereocenters. The summed E-state index contributed by atoms with van der Waals surface area (Å²) in [6, 6.07) is 13.1. The predicted molar refractivity (Wildman–Crippen MR) is 114 cm³/mol. The van der Waals surface area contributed by atoms with Crippen LogP contribution in [0.1, 0.15) is 27.8 Å². The minimum absolute atomic E-state index is 0. The number of hydrogen-bond acceptors (Lipinski definition) is 5. The molecular formula is C21H15Br2NaO5S-2. The van der Waals surface area contributed by atoms with Crippen LogP contribution in [0.25, 0.3) is 0 Å². The van der Waals surface area contributed by atoms with Crippen LogP contribution in [0, 0.1) is 13.8 Å². The number of phenols is 1. The van der Waals surface area contributed by atoms with Gasteiger partial charge in [0.25, 0.3) is 0 Å². The summed E-state index contributed by atoms with van der Waals surface area (Å²) in [7, 11) is -4.05. The normalized spacial score (nSPS) is 20.3. The molecule has 3 aromatic carbocycles. The number of fused-ring (bicyclic) bond motifs is 1. The first kappa shape index (κ1) is 24.1. The second-order valence-electron chi connectivity index (χ2n) is 6.94. The molecule has 4 rings (SSSR count). The number of phenolic OH excluding ortho intramolecular Hbond substituents is 1. The molecule has 152 valence electrons. The Morgan fingerprint density at radius 3 is 2.10 bits per heavy atom. The number of rotatable bonds is 2. The zero-order chi connectivity index (χ0) is 21.1. The Kier molecular flexibility index (Phi) is 6.77. The van der Waals surface area contributed by atoms with E-state index < -0.39 is 16.5 Å². The van der Waals surface area contributed by atoms with Crippen molar-refractivity contribution in [2.24, 2.45) is 0 Å². The van der Waals surface area contributed by atoms with Crippen molar-refractivity contribution in [2.45, 2.75) is 24.3 Å². The van der Waals surface area contributed by atoms with E-state index in [-0.39, 0.29) is 46.0 Å². The van der Waals surface area contributed by atoms with Gasteiger partial charge in [-0.05, 0) is 75.6 Å². The molecule has 0 aromatic heterocycles. The van der Waals surface area contributed by atoms with Crippen molar-refractivity contribution in [1.82, 2.24) is 0 Å². The number of benzene rings is 3. The summed E-state index contributed by atoms with van der Waals surface area (Å²) < 4.78 is 32.4. The molecule has 1 aliphatic heterocycles. The van der Waals surface area contributed by atoms with E-state index in [9.17, 15) is 19.3 Å². The van der Waals surface area contributed by atoms with Gasteiger partial charge in [-0.3, -0.25) is 10.9 Å². The minimum atomic E-state index is -4.05. The molecule has 30 heavy (non-hydrogen) atoms. The van der Waals surface area contributed by atoms with Crippen LogP contribution in [-0.4, -0.2) is 14.2 Å². The largest absolute Gasteiger partial charge is 1.00 e. The third kappa shape index (κ3) is 3.66. The van der Waals surface area contributed by atoms with Crippen molar-refractivity contribution in [3.05, 3.63) is 85.3 Å². The first-order valence-electron chi connectivity index (χ1n) is 8.60. The molecule has 1 N–H and O–H groups in total. The Morgan fingerprint density at radius 2 is 1.50 bits per heavy atom. The van der Waals surface area contributed by atoms with Crippen molar-refractivity contribution in [1.29, 1.82) is 0 Å². The molecule has 0 saturated carbocycles. The van der Waals surface area contributed by atoms with Crippen LogP contribution in [0.5, 0.6) is 11.5 Å². The Labute approximate surface area is 215 Å². The number of aryl methyl sites for hydroxylation is 2. The summed E-state index contributed by atoms with van der Waals surface area (Å²) >= 11 is 6.62. The fourth-order valence-electron chi connectivity index (χ4n) is 3.68. The number of halogens is 2. The van der Waals surface area contributed by atoms with E-state index in [0.29, 0.717) is 36.8 Å². The fraction of sp³-hybridized carbons (Fsp3) is 0.143. The summed E-state index contributed by atoms with van der Waals surface area (Å²) in [5, 5.41) is 22.5. The van der Waals surface area contributed by atoms with Crippen molar-refractivity contribution < 1.29 is 53.1 Å². The van der Waals surface area contributed by atoms with Gasteiger partial charge in [0.05, 0.1) is 4.47 Å². The van der Waals surface area contributed by atoms with Gasteiger partial charge < -0.3 is 23.5 Å². The maximum Gasteiger partial charge on any atom is 1.00 e. The summed E-state index contributed by atoms with van der Waals surface area (Å²) in [4.78, 5) is 0.0711. The van der Waals surface area contributed by atoms with Gasteiger partial charge in [-0.1, -0.05) is 51.5 Å².